The van der Waals surface area contributed by atoms with Gasteiger partial charge in [0.1, 0.15) is 23.7 Å². The minimum absolute atomic E-state index is 0.0139. The summed E-state index contributed by atoms with van der Waals surface area (Å²) in [5, 5.41) is 19.4. The Morgan fingerprint density at radius 1 is 1.33 bits per heavy atom. The number of allylic oxidation sites excluding steroid dienone is 2. The summed E-state index contributed by atoms with van der Waals surface area (Å²) >= 11 is 0. The lowest BCUT2D eigenvalue weighted by atomic mass is 9.78. The molecule has 1 aliphatic carbocycles. The monoisotopic (exact) mass is 463 g/mol. The maximum Gasteiger partial charge on any atom is 0.340 e. The number of aliphatic hydroxyl groups is 2. The Labute approximate surface area is 187 Å². The number of Topliss-reactive ketones (excluding diaryl/α,β-unsaturated/α-hetero) is 1. The molecule has 178 valence electrons. The molecule has 0 spiro atoms. The Morgan fingerprint density at radius 2 is 2.09 bits per heavy atom. The number of ether oxygens (including phenoxy) is 3. The number of aromatic nitrogens is 2. The van der Waals surface area contributed by atoms with E-state index in [1.54, 1.807) is 6.92 Å². The average molecular weight is 463 g/mol. The second kappa shape index (κ2) is 8.96. The third kappa shape index (κ3) is 4.01. The lowest BCUT2D eigenvalue weighted by Crippen LogP contribution is -2.39. The van der Waals surface area contributed by atoms with Crippen LogP contribution in [-0.2, 0) is 23.8 Å². The molecule has 0 bridgehead atoms. The number of nitrogens with zero attached hydrogens (tertiary/aromatic N) is 1. The highest BCUT2D eigenvalue weighted by atomic mass is 16.5. The van der Waals surface area contributed by atoms with Crippen LogP contribution in [-0.4, -0.2) is 56.9 Å². The molecule has 12 nitrogen and oxygen atoms in total. The third-order valence-corrected chi connectivity index (χ3v) is 5.98. The Kier molecular flexibility index (Phi) is 6.23. The van der Waals surface area contributed by atoms with Gasteiger partial charge in [0, 0.05) is 36.6 Å². The first-order valence-electron chi connectivity index (χ1n) is 10.7. The molecule has 1 saturated heterocycles. The van der Waals surface area contributed by atoms with Gasteiger partial charge in [-0.3, -0.25) is 19.1 Å². The Bertz CT molecular complexity index is 1160. The normalized spacial score (nSPS) is 27.4. The Morgan fingerprint density at radius 3 is 2.76 bits per heavy atom. The van der Waals surface area contributed by atoms with E-state index in [1.165, 1.54) is 6.20 Å². The van der Waals surface area contributed by atoms with Crippen LogP contribution in [0.1, 0.15) is 50.3 Å². The number of aliphatic hydroxyl groups excluding tert-OH is 2. The fraction of sp³-hybridized carbons (Fsp3) is 0.524. The van der Waals surface area contributed by atoms with Crippen LogP contribution in [0.3, 0.4) is 0 Å². The largest absolute Gasteiger partial charge is 0.462 e. The van der Waals surface area contributed by atoms with Crippen molar-refractivity contribution in [2.24, 2.45) is 5.73 Å². The summed E-state index contributed by atoms with van der Waals surface area (Å²) < 4.78 is 17.3. The van der Waals surface area contributed by atoms with Crippen molar-refractivity contribution in [1.29, 1.82) is 0 Å². The van der Waals surface area contributed by atoms with E-state index in [1.807, 2.05) is 0 Å². The van der Waals surface area contributed by atoms with Gasteiger partial charge < -0.3 is 30.2 Å². The van der Waals surface area contributed by atoms with Crippen LogP contribution < -0.4 is 17.0 Å². The van der Waals surface area contributed by atoms with E-state index >= 15 is 0 Å². The number of carbonyl (C=O) groups excluding carboxylic acids is 2. The van der Waals surface area contributed by atoms with Gasteiger partial charge in [0.25, 0.3) is 5.56 Å². The molecule has 1 unspecified atom stereocenters. The molecule has 0 amide bonds. The van der Waals surface area contributed by atoms with Crippen molar-refractivity contribution in [2.45, 2.75) is 57.0 Å². The molecular formula is C21H25N3O9. The molecule has 5 N–H and O–H groups in total. The number of rotatable bonds is 5. The fourth-order valence-corrected chi connectivity index (χ4v) is 4.45. The highest BCUT2D eigenvalue weighted by molar-refractivity contribution is 6.03. The van der Waals surface area contributed by atoms with E-state index in [0.717, 1.165) is 4.57 Å². The predicted octanol–water partition coefficient (Wildman–Crippen LogP) is -0.968. The summed E-state index contributed by atoms with van der Waals surface area (Å²) in [5.41, 5.74) is 4.21. The smallest absolute Gasteiger partial charge is 0.340 e. The molecule has 4 rings (SSSR count). The number of carbonyl (C=O) groups is 2. The van der Waals surface area contributed by atoms with Gasteiger partial charge in [0.2, 0.25) is 5.88 Å². The third-order valence-electron chi connectivity index (χ3n) is 5.98. The number of H-pyrrole nitrogens is 1. The van der Waals surface area contributed by atoms with Gasteiger partial charge in [0.05, 0.1) is 25.2 Å². The molecule has 0 radical (unpaired) electrons. The maximum absolute atomic E-state index is 12.9. The van der Waals surface area contributed by atoms with E-state index in [-0.39, 0.29) is 53.6 Å². The predicted molar refractivity (Wildman–Crippen MR) is 110 cm³/mol. The van der Waals surface area contributed by atoms with Crippen LogP contribution in [0.25, 0.3) is 0 Å². The minimum Gasteiger partial charge on any atom is -0.462 e. The molecule has 1 aromatic rings. The molecule has 3 aliphatic rings. The molecule has 12 heteroatoms. The van der Waals surface area contributed by atoms with Crippen molar-refractivity contribution < 1.29 is 34.0 Å². The number of hydrogen-bond acceptors (Lipinski definition) is 10. The quantitative estimate of drug-likeness (QED) is 0.396. The number of esters is 1. The van der Waals surface area contributed by atoms with Crippen molar-refractivity contribution >= 4 is 11.8 Å². The summed E-state index contributed by atoms with van der Waals surface area (Å²) in [7, 11) is 0. The van der Waals surface area contributed by atoms with Crippen LogP contribution >= 0.6 is 0 Å². The Hall–Kier alpha value is -3.22. The van der Waals surface area contributed by atoms with Crippen LogP contribution in [0, 0.1) is 0 Å². The first kappa shape index (κ1) is 23.0. The molecule has 2 aliphatic heterocycles. The summed E-state index contributed by atoms with van der Waals surface area (Å²) in [6.45, 7) is 1.16. The highest BCUT2D eigenvalue weighted by Gasteiger charge is 2.43. The Balaban J connectivity index is 1.88. The lowest BCUT2D eigenvalue weighted by molar-refractivity contribution is -0.139. The van der Waals surface area contributed by atoms with E-state index in [0.29, 0.717) is 12.8 Å². The summed E-state index contributed by atoms with van der Waals surface area (Å²) in [6, 6.07) is 0. The topological polar surface area (TPSA) is 183 Å². The molecule has 1 fully saturated rings. The molecule has 3 heterocycles. The molecule has 1 aromatic heterocycles. The van der Waals surface area contributed by atoms with Gasteiger partial charge in [-0.15, -0.1) is 0 Å². The number of hydrogen-bond donors (Lipinski definition) is 4. The average Bonchev–Trinajstić information content (AvgIpc) is 3.13. The van der Waals surface area contributed by atoms with Crippen molar-refractivity contribution in [2.75, 3.05) is 13.2 Å². The minimum atomic E-state index is -1.21. The lowest BCUT2D eigenvalue weighted by Gasteiger charge is -2.32. The number of nitrogens with one attached hydrogen (secondary N) is 1. The number of nitrogens with two attached hydrogens (primary N) is 1. The molecule has 33 heavy (non-hydrogen) atoms. The second-order valence-electron chi connectivity index (χ2n) is 8.01. The zero-order valence-electron chi connectivity index (χ0n) is 17.9. The van der Waals surface area contributed by atoms with E-state index in [4.69, 9.17) is 19.9 Å². The first-order chi connectivity index (χ1) is 15.8. The summed E-state index contributed by atoms with van der Waals surface area (Å²) in [6.07, 6.45) is -0.621. The van der Waals surface area contributed by atoms with Crippen molar-refractivity contribution in [1.82, 2.24) is 9.55 Å². The molecule has 0 saturated carbocycles. The van der Waals surface area contributed by atoms with Crippen LogP contribution in [0.15, 0.2) is 38.6 Å². The molecule has 4 atom stereocenters. The molecular weight excluding hydrogens is 438 g/mol. The maximum atomic E-state index is 12.9. The van der Waals surface area contributed by atoms with Crippen LogP contribution in [0.2, 0.25) is 0 Å². The van der Waals surface area contributed by atoms with Gasteiger partial charge in [-0.1, -0.05) is 0 Å². The van der Waals surface area contributed by atoms with Gasteiger partial charge in [-0.05, 0) is 13.3 Å². The van der Waals surface area contributed by atoms with E-state index in [9.17, 15) is 29.4 Å². The fourth-order valence-electron chi connectivity index (χ4n) is 4.45. The van der Waals surface area contributed by atoms with Crippen molar-refractivity contribution in [3.63, 3.8) is 0 Å². The van der Waals surface area contributed by atoms with Crippen LogP contribution in [0.4, 0.5) is 0 Å². The first-order valence-corrected chi connectivity index (χ1v) is 10.7. The van der Waals surface area contributed by atoms with E-state index < -0.39 is 48.2 Å². The highest BCUT2D eigenvalue weighted by Crippen LogP contribution is 2.43. The standard InChI is InChI=1S/C21H25N3O9/c1-2-31-20(29)17-15(16-10(26)4-3-5-12(16)33-18(17)22)9-7-24(21(30)23-19(9)28)14-6-11(27)13(8-25)32-14/h7,11,13-15,25,27H,2-6,8,22H2,1H3,(H,23,28,30)/t11-,13+,14+,15?/m0/s1. The van der Waals surface area contributed by atoms with Gasteiger partial charge in [-0.25, -0.2) is 9.59 Å². The number of ketones is 1. The second-order valence-corrected chi connectivity index (χ2v) is 8.01. The number of aromatic amines is 1. The van der Waals surface area contributed by atoms with Gasteiger partial charge in [0.15, 0.2) is 5.78 Å². The van der Waals surface area contributed by atoms with Crippen molar-refractivity contribution in [3.05, 3.63) is 55.4 Å². The summed E-state index contributed by atoms with van der Waals surface area (Å²) in [5.74, 6) is -2.38. The molecule has 0 aromatic carbocycles. The van der Waals surface area contributed by atoms with Gasteiger partial charge >= 0.3 is 11.7 Å². The zero-order valence-corrected chi connectivity index (χ0v) is 17.9. The van der Waals surface area contributed by atoms with Crippen molar-refractivity contribution in [3.8, 4) is 0 Å². The SMILES string of the molecule is CCOC(=O)C1=C(N)OC2=C(C(=O)CCC2)C1c1cn([C@H]2C[C@H](O)[C@@H](CO)O2)c(=O)[nH]c1=O. The van der Waals surface area contributed by atoms with Crippen LogP contribution in [0.5, 0.6) is 0 Å². The summed E-state index contributed by atoms with van der Waals surface area (Å²) in [4.78, 5) is 53.3. The zero-order chi connectivity index (χ0) is 23.9. The van der Waals surface area contributed by atoms with Gasteiger partial charge in [-0.2, -0.15) is 0 Å². The van der Waals surface area contributed by atoms with E-state index in [2.05, 4.69) is 4.98 Å².